The van der Waals surface area contributed by atoms with E-state index < -0.39 is 0 Å². The molecule has 1 aromatic heterocycles. The van der Waals surface area contributed by atoms with Crippen molar-refractivity contribution in [3.05, 3.63) is 42.7 Å². The van der Waals surface area contributed by atoms with Crippen LogP contribution in [-0.4, -0.2) is 15.6 Å². The van der Waals surface area contributed by atoms with Gasteiger partial charge in [0.1, 0.15) is 0 Å². The number of hydrogen-bond donors (Lipinski definition) is 0. The van der Waals surface area contributed by atoms with Crippen LogP contribution in [0.15, 0.2) is 42.7 Å². The molecule has 3 nitrogen and oxygen atoms in total. The summed E-state index contributed by atoms with van der Waals surface area (Å²) in [4.78, 5) is 11.6. The first kappa shape index (κ1) is 11.6. The lowest BCUT2D eigenvalue weighted by Crippen LogP contribution is -2.15. The zero-order valence-electron chi connectivity index (χ0n) is 10.1. The molecule has 1 heterocycles. The van der Waals surface area contributed by atoms with Gasteiger partial charge in [0.05, 0.1) is 12.7 Å². The largest absolute Gasteiger partial charge is 0.297 e. The Labute approximate surface area is 101 Å². The van der Waals surface area contributed by atoms with Gasteiger partial charge in [0, 0.05) is 17.7 Å². The molecule has 0 atom stereocenters. The molecule has 0 N–H and O–H groups in total. The van der Waals surface area contributed by atoms with Crippen molar-refractivity contribution in [2.75, 3.05) is 0 Å². The molecule has 2 aromatic rings. The standard InChI is InChI=1S/C14H16N2O/c1-11(2)14(17)10-16-9-13(8-15-16)12-6-4-3-5-7-12/h3-9,11H,10H2,1-2H3. The number of nitrogens with zero attached hydrogens (tertiary/aromatic N) is 2. The van der Waals surface area contributed by atoms with E-state index in [-0.39, 0.29) is 11.7 Å². The highest BCUT2D eigenvalue weighted by atomic mass is 16.1. The third-order valence-electron chi connectivity index (χ3n) is 2.70. The molecule has 0 spiro atoms. The summed E-state index contributed by atoms with van der Waals surface area (Å²) in [5.41, 5.74) is 2.16. The Morgan fingerprint density at radius 1 is 1.24 bits per heavy atom. The second kappa shape index (κ2) is 4.95. The number of carbonyl (C=O) groups is 1. The van der Waals surface area contributed by atoms with Crippen molar-refractivity contribution in [3.8, 4) is 11.1 Å². The maximum atomic E-state index is 11.6. The van der Waals surface area contributed by atoms with Gasteiger partial charge in [0.15, 0.2) is 5.78 Å². The maximum Gasteiger partial charge on any atom is 0.156 e. The van der Waals surface area contributed by atoms with E-state index in [1.54, 1.807) is 10.9 Å². The maximum absolute atomic E-state index is 11.6. The molecular weight excluding hydrogens is 212 g/mol. The molecule has 0 aliphatic rings. The second-order valence-electron chi connectivity index (χ2n) is 4.41. The summed E-state index contributed by atoms with van der Waals surface area (Å²) in [6, 6.07) is 10.0. The number of ketones is 1. The summed E-state index contributed by atoms with van der Waals surface area (Å²) >= 11 is 0. The molecule has 1 aromatic carbocycles. The van der Waals surface area contributed by atoms with Crippen molar-refractivity contribution >= 4 is 5.78 Å². The van der Waals surface area contributed by atoms with Gasteiger partial charge in [-0.3, -0.25) is 9.48 Å². The summed E-state index contributed by atoms with van der Waals surface area (Å²) < 4.78 is 1.70. The fourth-order valence-corrected chi connectivity index (χ4v) is 1.57. The van der Waals surface area contributed by atoms with Gasteiger partial charge in [-0.2, -0.15) is 5.10 Å². The Balaban J connectivity index is 2.14. The third kappa shape index (κ3) is 2.81. The van der Waals surface area contributed by atoms with Crippen LogP contribution in [0, 0.1) is 5.92 Å². The minimum atomic E-state index is 0.0550. The number of hydrogen-bond acceptors (Lipinski definition) is 2. The molecule has 0 unspecified atom stereocenters. The Hall–Kier alpha value is -1.90. The van der Waals surface area contributed by atoms with Gasteiger partial charge in [-0.25, -0.2) is 0 Å². The van der Waals surface area contributed by atoms with E-state index in [4.69, 9.17) is 0 Å². The van der Waals surface area contributed by atoms with Crippen molar-refractivity contribution in [2.45, 2.75) is 20.4 Å². The Morgan fingerprint density at radius 2 is 1.94 bits per heavy atom. The Kier molecular flexibility index (Phi) is 3.38. The molecule has 0 fully saturated rings. The summed E-state index contributed by atoms with van der Waals surface area (Å²) in [7, 11) is 0. The molecule has 0 saturated heterocycles. The predicted octanol–water partition coefficient (Wildman–Crippen LogP) is 2.78. The highest BCUT2D eigenvalue weighted by Crippen LogP contribution is 2.17. The van der Waals surface area contributed by atoms with E-state index in [9.17, 15) is 4.79 Å². The van der Waals surface area contributed by atoms with Gasteiger partial charge in [-0.15, -0.1) is 0 Å². The quantitative estimate of drug-likeness (QED) is 0.806. The smallest absolute Gasteiger partial charge is 0.156 e. The zero-order chi connectivity index (χ0) is 12.3. The van der Waals surface area contributed by atoms with Crippen molar-refractivity contribution in [1.82, 2.24) is 9.78 Å². The molecule has 2 rings (SSSR count). The molecule has 0 amide bonds. The summed E-state index contributed by atoms with van der Waals surface area (Å²) in [6.07, 6.45) is 3.71. The van der Waals surface area contributed by atoms with E-state index in [0.29, 0.717) is 6.54 Å². The Bertz CT molecular complexity index is 500. The summed E-state index contributed by atoms with van der Waals surface area (Å²) in [5, 5.41) is 4.21. The van der Waals surface area contributed by atoms with E-state index in [1.807, 2.05) is 50.4 Å². The van der Waals surface area contributed by atoms with Crippen molar-refractivity contribution in [3.63, 3.8) is 0 Å². The van der Waals surface area contributed by atoms with Crippen LogP contribution >= 0.6 is 0 Å². The van der Waals surface area contributed by atoms with Crippen LogP contribution in [0.4, 0.5) is 0 Å². The molecule has 0 bridgehead atoms. The molecule has 0 saturated carbocycles. The predicted molar refractivity (Wildman–Crippen MR) is 67.5 cm³/mol. The van der Waals surface area contributed by atoms with Crippen molar-refractivity contribution in [1.29, 1.82) is 0 Å². The first-order chi connectivity index (χ1) is 8.16. The molecule has 0 aliphatic carbocycles. The van der Waals surface area contributed by atoms with Crippen LogP contribution in [0.2, 0.25) is 0 Å². The normalized spacial score (nSPS) is 10.8. The number of carbonyl (C=O) groups excluding carboxylic acids is 1. The average Bonchev–Trinajstić information content (AvgIpc) is 2.78. The lowest BCUT2D eigenvalue weighted by atomic mass is 10.1. The average molecular weight is 228 g/mol. The summed E-state index contributed by atoms with van der Waals surface area (Å²) in [6.45, 7) is 4.17. The summed E-state index contributed by atoms with van der Waals surface area (Å²) in [5.74, 6) is 0.257. The first-order valence-corrected chi connectivity index (χ1v) is 5.77. The zero-order valence-corrected chi connectivity index (χ0v) is 10.1. The van der Waals surface area contributed by atoms with Crippen LogP contribution in [0.5, 0.6) is 0 Å². The van der Waals surface area contributed by atoms with Gasteiger partial charge in [-0.1, -0.05) is 44.2 Å². The molecule has 17 heavy (non-hydrogen) atoms. The van der Waals surface area contributed by atoms with Gasteiger partial charge in [0.25, 0.3) is 0 Å². The molecule has 0 radical (unpaired) electrons. The van der Waals surface area contributed by atoms with Crippen LogP contribution in [0.3, 0.4) is 0 Å². The van der Waals surface area contributed by atoms with E-state index in [0.717, 1.165) is 11.1 Å². The topological polar surface area (TPSA) is 34.9 Å². The molecule has 3 heteroatoms. The fraction of sp³-hybridized carbons (Fsp3) is 0.286. The van der Waals surface area contributed by atoms with Crippen molar-refractivity contribution < 1.29 is 4.79 Å². The van der Waals surface area contributed by atoms with Crippen LogP contribution in [-0.2, 0) is 11.3 Å². The Morgan fingerprint density at radius 3 is 2.59 bits per heavy atom. The number of rotatable bonds is 4. The number of benzene rings is 1. The number of aromatic nitrogens is 2. The van der Waals surface area contributed by atoms with Crippen LogP contribution < -0.4 is 0 Å². The van der Waals surface area contributed by atoms with Gasteiger partial charge in [0.2, 0.25) is 0 Å². The third-order valence-corrected chi connectivity index (χ3v) is 2.70. The first-order valence-electron chi connectivity index (χ1n) is 5.77. The fourth-order valence-electron chi connectivity index (χ4n) is 1.57. The molecule has 0 aliphatic heterocycles. The lowest BCUT2D eigenvalue weighted by molar-refractivity contribution is -0.122. The van der Waals surface area contributed by atoms with Crippen LogP contribution in [0.1, 0.15) is 13.8 Å². The van der Waals surface area contributed by atoms with E-state index in [2.05, 4.69) is 5.10 Å². The van der Waals surface area contributed by atoms with Gasteiger partial charge < -0.3 is 0 Å². The minimum absolute atomic E-state index is 0.0550. The molecular formula is C14H16N2O. The van der Waals surface area contributed by atoms with Crippen LogP contribution in [0.25, 0.3) is 11.1 Å². The van der Waals surface area contributed by atoms with Crippen molar-refractivity contribution in [2.24, 2.45) is 5.92 Å². The number of Topliss-reactive ketones (excluding diaryl/α,β-unsaturated/α-hetero) is 1. The van der Waals surface area contributed by atoms with E-state index >= 15 is 0 Å². The van der Waals surface area contributed by atoms with Gasteiger partial charge in [-0.05, 0) is 5.56 Å². The van der Waals surface area contributed by atoms with Gasteiger partial charge >= 0.3 is 0 Å². The lowest BCUT2D eigenvalue weighted by Gasteiger charge is -2.03. The van der Waals surface area contributed by atoms with E-state index in [1.165, 1.54) is 0 Å². The highest BCUT2D eigenvalue weighted by Gasteiger charge is 2.09. The SMILES string of the molecule is CC(C)C(=O)Cn1cc(-c2ccccc2)cn1. The molecule has 88 valence electrons. The monoisotopic (exact) mass is 228 g/mol. The highest BCUT2D eigenvalue weighted by molar-refractivity contribution is 5.80. The second-order valence-corrected chi connectivity index (χ2v) is 4.41. The minimum Gasteiger partial charge on any atom is -0.297 e.